The first kappa shape index (κ1) is 15.8. The Labute approximate surface area is 115 Å². The van der Waals surface area contributed by atoms with Crippen LogP contribution >= 0.6 is 0 Å². The fraction of sp³-hybridized carbons (Fsp3) is 0.846. The zero-order valence-electron chi connectivity index (χ0n) is 12.4. The van der Waals surface area contributed by atoms with E-state index in [0.717, 1.165) is 19.6 Å². The number of nitrogens with zero attached hydrogens (tertiary/aromatic N) is 2. The predicted octanol–water partition coefficient (Wildman–Crippen LogP) is 0.675. The molecular formula is C13H25N3O3. The van der Waals surface area contributed by atoms with Crippen LogP contribution in [0.4, 0.5) is 4.79 Å². The van der Waals surface area contributed by atoms with E-state index >= 15 is 0 Å². The van der Waals surface area contributed by atoms with Crippen molar-refractivity contribution in [3.63, 3.8) is 0 Å². The van der Waals surface area contributed by atoms with E-state index in [1.165, 1.54) is 6.92 Å². The van der Waals surface area contributed by atoms with Gasteiger partial charge in [0.15, 0.2) is 0 Å². The Morgan fingerprint density at radius 2 is 1.74 bits per heavy atom. The second-order valence-electron chi connectivity index (χ2n) is 5.79. The highest BCUT2D eigenvalue weighted by molar-refractivity contribution is 5.72. The van der Waals surface area contributed by atoms with E-state index in [1.54, 1.807) is 4.90 Å². The Morgan fingerprint density at radius 1 is 1.16 bits per heavy atom. The molecule has 1 rings (SSSR count). The van der Waals surface area contributed by atoms with Crippen LogP contribution in [0.2, 0.25) is 0 Å². The van der Waals surface area contributed by atoms with Crippen molar-refractivity contribution in [1.29, 1.82) is 0 Å². The van der Waals surface area contributed by atoms with Crippen LogP contribution in [0.25, 0.3) is 0 Å². The quantitative estimate of drug-likeness (QED) is 0.820. The van der Waals surface area contributed by atoms with E-state index in [-0.39, 0.29) is 12.0 Å². The van der Waals surface area contributed by atoms with Gasteiger partial charge in [-0.3, -0.25) is 9.69 Å². The molecule has 0 unspecified atom stereocenters. The lowest BCUT2D eigenvalue weighted by molar-refractivity contribution is -0.119. The van der Waals surface area contributed by atoms with Crippen molar-refractivity contribution in [2.45, 2.75) is 33.3 Å². The number of carbonyl (C=O) groups excluding carboxylic acids is 2. The zero-order valence-corrected chi connectivity index (χ0v) is 12.4. The molecule has 110 valence electrons. The van der Waals surface area contributed by atoms with Crippen LogP contribution in [-0.2, 0) is 9.53 Å². The fourth-order valence-electron chi connectivity index (χ4n) is 1.87. The topological polar surface area (TPSA) is 61.9 Å². The highest BCUT2D eigenvalue weighted by Crippen LogP contribution is 2.11. The van der Waals surface area contributed by atoms with Gasteiger partial charge in [-0.2, -0.15) is 0 Å². The van der Waals surface area contributed by atoms with Crippen molar-refractivity contribution in [3.8, 4) is 0 Å². The number of piperazine rings is 1. The van der Waals surface area contributed by atoms with Crippen molar-refractivity contribution in [3.05, 3.63) is 0 Å². The molecule has 0 aromatic carbocycles. The number of hydrogen-bond acceptors (Lipinski definition) is 4. The summed E-state index contributed by atoms with van der Waals surface area (Å²) in [5.41, 5.74) is -0.445. The van der Waals surface area contributed by atoms with Gasteiger partial charge in [0.05, 0.1) is 0 Å². The minimum Gasteiger partial charge on any atom is -0.444 e. The standard InChI is InChI=1S/C13H25N3O3/c1-11(17)14-5-6-15-7-9-16(10-8-15)12(18)19-13(2,3)4/h5-10H2,1-4H3,(H,14,17). The molecule has 1 aliphatic rings. The lowest BCUT2D eigenvalue weighted by Gasteiger charge is -2.35. The van der Waals surface area contributed by atoms with Gasteiger partial charge < -0.3 is 15.0 Å². The second kappa shape index (κ2) is 6.75. The van der Waals surface area contributed by atoms with Crippen LogP contribution in [0.5, 0.6) is 0 Å². The van der Waals surface area contributed by atoms with E-state index in [0.29, 0.717) is 19.6 Å². The SMILES string of the molecule is CC(=O)NCCN1CCN(C(=O)OC(C)(C)C)CC1. The molecule has 1 heterocycles. The van der Waals surface area contributed by atoms with E-state index in [1.807, 2.05) is 20.8 Å². The van der Waals surface area contributed by atoms with Crippen LogP contribution in [-0.4, -0.2) is 66.7 Å². The lowest BCUT2D eigenvalue weighted by atomic mass is 10.2. The van der Waals surface area contributed by atoms with Crippen LogP contribution in [0.1, 0.15) is 27.7 Å². The molecular weight excluding hydrogens is 246 g/mol. The smallest absolute Gasteiger partial charge is 0.410 e. The van der Waals surface area contributed by atoms with Crippen molar-refractivity contribution in [1.82, 2.24) is 15.1 Å². The summed E-state index contributed by atoms with van der Waals surface area (Å²) in [5, 5.41) is 2.77. The fourth-order valence-corrected chi connectivity index (χ4v) is 1.87. The third-order valence-corrected chi connectivity index (χ3v) is 2.83. The summed E-state index contributed by atoms with van der Waals surface area (Å²) in [4.78, 5) is 26.6. The second-order valence-corrected chi connectivity index (χ2v) is 5.79. The zero-order chi connectivity index (χ0) is 14.5. The molecule has 0 aromatic heterocycles. The number of carbonyl (C=O) groups is 2. The van der Waals surface area contributed by atoms with Crippen molar-refractivity contribution in [2.24, 2.45) is 0 Å². The number of ether oxygens (including phenoxy) is 1. The highest BCUT2D eigenvalue weighted by atomic mass is 16.6. The molecule has 0 spiro atoms. The average Bonchev–Trinajstić information content (AvgIpc) is 2.27. The molecule has 0 aliphatic carbocycles. The van der Waals surface area contributed by atoms with Gasteiger partial charge in [-0.25, -0.2) is 4.79 Å². The van der Waals surface area contributed by atoms with Crippen LogP contribution in [0.15, 0.2) is 0 Å². The summed E-state index contributed by atoms with van der Waals surface area (Å²) >= 11 is 0. The molecule has 0 aromatic rings. The minimum atomic E-state index is -0.445. The van der Waals surface area contributed by atoms with E-state index < -0.39 is 5.60 Å². The summed E-state index contributed by atoms with van der Waals surface area (Å²) in [5.74, 6) is -0.00705. The maximum Gasteiger partial charge on any atom is 0.410 e. The van der Waals surface area contributed by atoms with E-state index in [9.17, 15) is 9.59 Å². The number of nitrogens with one attached hydrogen (secondary N) is 1. The van der Waals surface area contributed by atoms with Crippen molar-refractivity contribution >= 4 is 12.0 Å². The van der Waals surface area contributed by atoms with Crippen molar-refractivity contribution < 1.29 is 14.3 Å². The maximum atomic E-state index is 11.9. The minimum absolute atomic E-state index is 0.00705. The molecule has 0 bridgehead atoms. The summed E-state index contributed by atoms with van der Waals surface area (Å²) in [6.07, 6.45) is -0.242. The third-order valence-electron chi connectivity index (χ3n) is 2.83. The summed E-state index contributed by atoms with van der Waals surface area (Å²) in [7, 11) is 0. The molecule has 6 heteroatoms. The number of hydrogen-bond donors (Lipinski definition) is 1. The lowest BCUT2D eigenvalue weighted by Crippen LogP contribution is -2.51. The number of rotatable bonds is 3. The normalized spacial score (nSPS) is 17.2. The Morgan fingerprint density at radius 3 is 2.21 bits per heavy atom. The monoisotopic (exact) mass is 271 g/mol. The molecule has 1 N–H and O–H groups in total. The van der Waals surface area contributed by atoms with Crippen molar-refractivity contribution in [2.75, 3.05) is 39.3 Å². The summed E-state index contributed by atoms with van der Waals surface area (Å²) < 4.78 is 5.34. The molecule has 19 heavy (non-hydrogen) atoms. The first-order valence-corrected chi connectivity index (χ1v) is 6.72. The summed E-state index contributed by atoms with van der Waals surface area (Å²) in [6.45, 7) is 11.6. The largest absolute Gasteiger partial charge is 0.444 e. The van der Waals surface area contributed by atoms with Gasteiger partial charge in [-0.05, 0) is 20.8 Å². The van der Waals surface area contributed by atoms with Crippen LogP contribution < -0.4 is 5.32 Å². The summed E-state index contributed by atoms with van der Waals surface area (Å²) in [6, 6.07) is 0. The van der Waals surface area contributed by atoms with E-state index in [4.69, 9.17) is 4.74 Å². The van der Waals surface area contributed by atoms with Crippen LogP contribution in [0.3, 0.4) is 0 Å². The molecule has 2 amide bonds. The Kier molecular flexibility index (Phi) is 5.60. The molecule has 0 radical (unpaired) electrons. The van der Waals surface area contributed by atoms with Crippen LogP contribution in [0, 0.1) is 0 Å². The molecule has 1 fully saturated rings. The first-order valence-electron chi connectivity index (χ1n) is 6.72. The molecule has 0 saturated carbocycles. The molecule has 6 nitrogen and oxygen atoms in total. The van der Waals surface area contributed by atoms with Gasteiger partial charge in [0.25, 0.3) is 0 Å². The predicted molar refractivity (Wildman–Crippen MR) is 72.9 cm³/mol. The number of amides is 2. The molecule has 1 aliphatic heterocycles. The molecule has 1 saturated heterocycles. The third kappa shape index (κ3) is 6.42. The highest BCUT2D eigenvalue weighted by Gasteiger charge is 2.25. The van der Waals surface area contributed by atoms with Gasteiger partial charge >= 0.3 is 6.09 Å². The average molecular weight is 271 g/mol. The van der Waals surface area contributed by atoms with Gasteiger partial charge in [0.1, 0.15) is 5.60 Å². The first-order chi connectivity index (χ1) is 8.78. The van der Waals surface area contributed by atoms with Gasteiger partial charge in [0.2, 0.25) is 5.91 Å². The van der Waals surface area contributed by atoms with Gasteiger partial charge in [-0.1, -0.05) is 0 Å². The maximum absolute atomic E-state index is 11.9. The Bertz CT molecular complexity index is 318. The van der Waals surface area contributed by atoms with E-state index in [2.05, 4.69) is 10.2 Å². The van der Waals surface area contributed by atoms with Gasteiger partial charge in [0, 0.05) is 46.2 Å². The Balaban J connectivity index is 2.25. The van der Waals surface area contributed by atoms with Gasteiger partial charge in [-0.15, -0.1) is 0 Å². The molecule has 0 atom stereocenters. The Hall–Kier alpha value is -1.30.